The number of hydrogen-bond acceptors (Lipinski definition) is 7. The van der Waals surface area contributed by atoms with Crippen molar-refractivity contribution >= 4 is 61.1 Å². The van der Waals surface area contributed by atoms with Crippen molar-refractivity contribution in [2.24, 2.45) is 7.05 Å². The number of pyridine rings is 1. The molecular weight excluding hydrogens is 518 g/mol. The Kier molecular flexibility index (Phi) is 6.57. The van der Waals surface area contributed by atoms with Gasteiger partial charge in [0.2, 0.25) is 0 Å². The van der Waals surface area contributed by atoms with E-state index in [4.69, 9.17) is 16.1 Å². The lowest BCUT2D eigenvalue weighted by Crippen LogP contribution is -2.16. The number of fused-ring (bicyclic) bond motifs is 1. The first-order valence-electron chi connectivity index (χ1n) is 9.60. The molecule has 0 bridgehead atoms. The van der Waals surface area contributed by atoms with Crippen molar-refractivity contribution in [3.05, 3.63) is 62.7 Å². The maximum absolute atomic E-state index is 13.3. The fraction of sp³-hybridized carbons (Fsp3) is 0.238. The van der Waals surface area contributed by atoms with Crippen LogP contribution in [0.4, 0.5) is 5.69 Å². The Labute approximate surface area is 200 Å². The number of rotatable bonds is 7. The summed E-state index contributed by atoms with van der Waals surface area (Å²) in [5.74, 6) is 0.398. The summed E-state index contributed by atoms with van der Waals surface area (Å²) in [5.41, 5.74) is 2.50. The zero-order valence-electron chi connectivity index (χ0n) is 17.5. The van der Waals surface area contributed by atoms with E-state index in [1.807, 2.05) is 19.3 Å². The van der Waals surface area contributed by atoms with Gasteiger partial charge >= 0.3 is 0 Å². The van der Waals surface area contributed by atoms with Crippen molar-refractivity contribution in [2.45, 2.75) is 31.2 Å². The summed E-state index contributed by atoms with van der Waals surface area (Å²) in [6, 6.07) is 7.06. The van der Waals surface area contributed by atoms with Crippen molar-refractivity contribution in [3.8, 4) is 0 Å². The van der Waals surface area contributed by atoms with Crippen LogP contribution in [0.25, 0.3) is 10.9 Å². The second kappa shape index (κ2) is 9.22. The first-order valence-corrected chi connectivity index (χ1v) is 12.1. The lowest BCUT2D eigenvalue weighted by molar-refractivity contribution is 0.101. The van der Waals surface area contributed by atoms with E-state index in [0.29, 0.717) is 44.1 Å². The third-order valence-corrected chi connectivity index (χ3v) is 6.98. The Morgan fingerprint density at radius 3 is 2.75 bits per heavy atom. The largest absolute Gasteiger partial charge is 0.610 e. The van der Waals surface area contributed by atoms with Gasteiger partial charge in [0.25, 0.3) is 5.03 Å². The second-order valence-electron chi connectivity index (χ2n) is 7.23. The number of nitrogens with one attached hydrogen (secondary N) is 1. The normalized spacial score (nSPS) is 12.3. The van der Waals surface area contributed by atoms with Crippen LogP contribution >= 0.6 is 27.5 Å². The Morgan fingerprint density at radius 1 is 1.34 bits per heavy atom. The van der Waals surface area contributed by atoms with E-state index in [2.05, 4.69) is 36.5 Å². The second-order valence-corrected chi connectivity index (χ2v) is 9.86. The topological polar surface area (TPSA) is 109 Å². The van der Waals surface area contributed by atoms with Crippen molar-refractivity contribution in [2.75, 3.05) is 5.32 Å². The van der Waals surface area contributed by atoms with Crippen LogP contribution < -0.4 is 5.32 Å². The van der Waals surface area contributed by atoms with Gasteiger partial charge in [-0.15, -0.1) is 0 Å². The molecule has 4 rings (SSSR count). The van der Waals surface area contributed by atoms with E-state index in [-0.39, 0.29) is 22.1 Å². The molecule has 0 saturated carbocycles. The van der Waals surface area contributed by atoms with Crippen LogP contribution in [-0.4, -0.2) is 30.3 Å². The van der Waals surface area contributed by atoms with Gasteiger partial charge in [-0.2, -0.15) is 10.1 Å². The zero-order chi connectivity index (χ0) is 23.0. The Balaban J connectivity index is 1.88. The summed E-state index contributed by atoms with van der Waals surface area (Å²) < 4.78 is 20.8. The van der Waals surface area contributed by atoms with Gasteiger partial charge in [-0.25, -0.2) is 0 Å². The Morgan fingerprint density at radius 2 is 2.12 bits per heavy atom. The van der Waals surface area contributed by atoms with E-state index < -0.39 is 11.2 Å². The Hall–Kier alpha value is -2.40. The first kappa shape index (κ1) is 22.8. The third kappa shape index (κ3) is 4.54. The molecule has 0 aliphatic rings. The SMILES string of the molecule is CC(=O)c1c([S+]([O-])Cc2cc(C)on2)nc2c(Br)ccc(Cl)c2c1NCc1ccn(C)n1. The molecule has 1 aromatic carbocycles. The number of aromatic nitrogens is 4. The summed E-state index contributed by atoms with van der Waals surface area (Å²) >= 11 is 8.38. The number of Topliss-reactive ketones (excluding diaryl/α,β-unsaturated/α-hetero) is 1. The highest BCUT2D eigenvalue weighted by Crippen LogP contribution is 2.39. The molecule has 11 heteroatoms. The number of carbonyl (C=O) groups is 1. The highest BCUT2D eigenvalue weighted by molar-refractivity contribution is 9.10. The van der Waals surface area contributed by atoms with Crippen molar-refractivity contribution in [3.63, 3.8) is 0 Å². The molecule has 0 aliphatic carbocycles. The molecule has 0 fully saturated rings. The van der Waals surface area contributed by atoms with Crippen LogP contribution in [0, 0.1) is 6.92 Å². The predicted molar refractivity (Wildman–Crippen MR) is 126 cm³/mol. The highest BCUT2D eigenvalue weighted by Gasteiger charge is 2.29. The van der Waals surface area contributed by atoms with Crippen molar-refractivity contribution in [1.82, 2.24) is 19.9 Å². The van der Waals surface area contributed by atoms with Gasteiger partial charge < -0.3 is 14.4 Å². The van der Waals surface area contributed by atoms with Crippen molar-refractivity contribution in [1.29, 1.82) is 0 Å². The quantitative estimate of drug-likeness (QED) is 0.267. The molecule has 166 valence electrons. The number of ketones is 1. The monoisotopic (exact) mass is 535 g/mol. The van der Waals surface area contributed by atoms with E-state index >= 15 is 0 Å². The minimum Gasteiger partial charge on any atom is -0.610 e. The minimum atomic E-state index is -1.66. The molecule has 32 heavy (non-hydrogen) atoms. The molecule has 1 N–H and O–H groups in total. The van der Waals surface area contributed by atoms with Gasteiger partial charge in [-0.3, -0.25) is 9.48 Å². The average Bonchev–Trinajstić information content (AvgIpc) is 3.35. The summed E-state index contributed by atoms with van der Waals surface area (Å²) in [5, 5.41) is 12.7. The van der Waals surface area contributed by atoms with E-state index in [1.54, 1.807) is 29.8 Å². The molecule has 8 nitrogen and oxygen atoms in total. The van der Waals surface area contributed by atoms with E-state index in [0.717, 1.165) is 5.69 Å². The molecule has 1 atom stereocenters. The molecule has 0 aliphatic heterocycles. The van der Waals surface area contributed by atoms with Crippen LogP contribution in [0.15, 0.2) is 44.5 Å². The van der Waals surface area contributed by atoms with Crippen LogP contribution in [0.1, 0.15) is 34.4 Å². The highest BCUT2D eigenvalue weighted by atomic mass is 79.9. The number of hydrogen-bond donors (Lipinski definition) is 1. The van der Waals surface area contributed by atoms with Crippen molar-refractivity contribution < 1.29 is 13.9 Å². The molecule has 1 unspecified atom stereocenters. The molecule has 4 aromatic rings. The maximum Gasteiger partial charge on any atom is 0.258 e. The number of benzene rings is 1. The van der Waals surface area contributed by atoms with Gasteiger partial charge in [0.05, 0.1) is 28.5 Å². The summed E-state index contributed by atoms with van der Waals surface area (Å²) in [6.07, 6.45) is 1.83. The fourth-order valence-corrected chi connectivity index (χ4v) is 5.24. The number of halogens is 2. The maximum atomic E-state index is 13.3. The fourth-order valence-electron chi connectivity index (χ4n) is 3.37. The average molecular weight is 537 g/mol. The number of aryl methyl sites for hydroxylation is 2. The first-order chi connectivity index (χ1) is 15.2. The lowest BCUT2D eigenvalue weighted by Gasteiger charge is -2.18. The molecule has 0 amide bonds. The van der Waals surface area contributed by atoms with Gasteiger partial charge in [0.1, 0.15) is 17.0 Å². The van der Waals surface area contributed by atoms with Crippen LogP contribution in [0.3, 0.4) is 0 Å². The zero-order valence-corrected chi connectivity index (χ0v) is 20.6. The molecule has 3 heterocycles. The summed E-state index contributed by atoms with van der Waals surface area (Å²) in [4.78, 5) is 17.4. The van der Waals surface area contributed by atoms with Gasteiger partial charge in [0.15, 0.2) is 11.5 Å². The van der Waals surface area contributed by atoms with E-state index in [9.17, 15) is 9.35 Å². The van der Waals surface area contributed by atoms with E-state index in [1.165, 1.54) is 6.92 Å². The summed E-state index contributed by atoms with van der Waals surface area (Å²) in [7, 11) is 1.83. The standard InChI is InChI=1S/C21H19BrClN5O3S/c1-11-8-14(27-31-11)10-32(30)21-17(12(2)29)20(24-9-13-6-7-28(3)26-13)18-16(23)5-4-15(22)19(18)25-21/h4-8H,9-10H2,1-3H3,(H,24,25). The molecular formula is C21H19BrClN5O3S. The summed E-state index contributed by atoms with van der Waals surface area (Å²) in [6.45, 7) is 3.52. The van der Waals surface area contributed by atoms with Crippen LogP contribution in [0.2, 0.25) is 5.02 Å². The smallest absolute Gasteiger partial charge is 0.258 e. The Bertz CT molecular complexity index is 1320. The molecule has 0 saturated heterocycles. The molecule has 0 radical (unpaired) electrons. The number of anilines is 1. The lowest BCUT2D eigenvalue weighted by atomic mass is 10.1. The van der Waals surface area contributed by atoms with Gasteiger partial charge in [-0.1, -0.05) is 16.8 Å². The number of nitrogens with zero attached hydrogens (tertiary/aromatic N) is 4. The number of carbonyl (C=O) groups excluding carboxylic acids is 1. The van der Waals surface area contributed by atoms with Crippen LogP contribution in [-0.2, 0) is 30.5 Å². The van der Waals surface area contributed by atoms with Crippen LogP contribution in [0.5, 0.6) is 0 Å². The third-order valence-electron chi connectivity index (χ3n) is 4.74. The predicted octanol–water partition coefficient (Wildman–Crippen LogP) is 4.80. The van der Waals surface area contributed by atoms with Gasteiger partial charge in [0, 0.05) is 40.3 Å². The molecule has 0 spiro atoms. The van der Waals surface area contributed by atoms with Gasteiger partial charge in [-0.05, 0) is 48.0 Å². The minimum absolute atomic E-state index is 0.0635. The molecule has 3 aromatic heterocycles.